The number of aromatic nitrogens is 2. The zero-order valence-electron chi connectivity index (χ0n) is 31.1. The van der Waals surface area contributed by atoms with Gasteiger partial charge in [-0.3, -0.25) is 0 Å². The molecule has 3 heterocycles. The fourth-order valence-corrected chi connectivity index (χ4v) is 9.05. The molecule has 8 aromatic carbocycles. The summed E-state index contributed by atoms with van der Waals surface area (Å²) in [6.45, 7) is 0. The molecule has 3 nitrogen and oxygen atoms in total. The summed E-state index contributed by atoms with van der Waals surface area (Å²) in [4.78, 5) is 0. The smallest absolute Gasteiger partial charge is 0.137 e. The Bertz CT molecular complexity index is 3530. The lowest BCUT2D eigenvalue weighted by Gasteiger charge is -2.19. The Hall–Kier alpha value is -6.39. The van der Waals surface area contributed by atoms with Gasteiger partial charge in [-0.15, -0.1) is 10.9 Å². The molecular weight excluding hydrogens is 696 g/mol. The molecule has 14 radical (unpaired) electrons. The summed E-state index contributed by atoms with van der Waals surface area (Å²) in [5.74, 6) is 0. The quantitative estimate of drug-likeness (QED) is 0.243. The molecule has 0 spiro atoms. The first-order chi connectivity index (χ1) is 28.2. The Morgan fingerprint density at radius 3 is 1.79 bits per heavy atom. The van der Waals surface area contributed by atoms with Gasteiger partial charge in [-0.1, -0.05) is 112 Å². The zero-order valence-corrected chi connectivity index (χ0v) is 31.1. The van der Waals surface area contributed by atoms with E-state index in [0.717, 1.165) is 60.5 Å². The number of hydrogen-bond acceptors (Lipinski definition) is 1. The van der Waals surface area contributed by atoms with Gasteiger partial charge in [0.05, 0.1) is 11.0 Å². The molecule has 0 saturated carbocycles. The molecule has 3 aromatic heterocycles. The lowest BCUT2D eigenvalue weighted by molar-refractivity contribution is 0.668. The molecular formula is C48H23B7N2O. The van der Waals surface area contributed by atoms with Gasteiger partial charge in [0.25, 0.3) is 0 Å². The van der Waals surface area contributed by atoms with Crippen LogP contribution in [0.15, 0.2) is 144 Å². The fraction of sp³-hybridized carbons (Fsp3) is 0. The lowest BCUT2D eigenvalue weighted by Crippen LogP contribution is -2.48. The Kier molecular flexibility index (Phi) is 7.69. The summed E-state index contributed by atoms with van der Waals surface area (Å²) in [6.07, 6.45) is 0. The van der Waals surface area contributed by atoms with Crippen LogP contribution in [0.5, 0.6) is 0 Å². The first-order valence-electron chi connectivity index (χ1n) is 18.9. The molecule has 0 fully saturated rings. The maximum Gasteiger partial charge on any atom is 0.137 e. The van der Waals surface area contributed by atoms with E-state index in [1.165, 1.54) is 0 Å². The second-order valence-electron chi connectivity index (χ2n) is 14.8. The van der Waals surface area contributed by atoms with Crippen molar-refractivity contribution in [3.05, 3.63) is 140 Å². The van der Waals surface area contributed by atoms with E-state index >= 15 is 0 Å². The Morgan fingerprint density at radius 2 is 1.02 bits per heavy atom. The standard InChI is InChI=1S/C48H23B7N2O/c49-40-36(25-18-21-32-31(22-25)37-28(24-10-3-1-4-11-24)15-9-16-33(37)56(32)26-12-5-2-6-13-26)41(50)45(54)47-38(40)39-42(51)43(52)44(53)46(55)48(39)57(47)27-19-20-30-29-14-7-8-17-34(29)58-35(30)23-27/h1-23H. The highest BCUT2D eigenvalue weighted by Crippen LogP contribution is 2.40. The number of rotatable bonds is 4. The van der Waals surface area contributed by atoms with E-state index in [2.05, 4.69) is 71.3 Å². The predicted molar refractivity (Wildman–Crippen MR) is 251 cm³/mol. The largest absolute Gasteiger partial charge is 0.456 e. The van der Waals surface area contributed by atoms with Crippen molar-refractivity contribution in [2.75, 3.05) is 0 Å². The average molecular weight is 719 g/mol. The number of fused-ring (bicyclic) bond motifs is 9. The third-order valence-corrected chi connectivity index (χ3v) is 11.7. The minimum absolute atomic E-state index is 0.164. The molecule has 0 N–H and O–H groups in total. The van der Waals surface area contributed by atoms with Crippen LogP contribution in [0.25, 0.3) is 99.2 Å². The molecule has 0 saturated heterocycles. The van der Waals surface area contributed by atoms with E-state index in [1.807, 2.05) is 77.4 Å². The molecule has 58 heavy (non-hydrogen) atoms. The van der Waals surface area contributed by atoms with Crippen LogP contribution in [0.3, 0.4) is 0 Å². The van der Waals surface area contributed by atoms with Crippen molar-refractivity contribution in [1.29, 1.82) is 0 Å². The van der Waals surface area contributed by atoms with Crippen LogP contribution < -0.4 is 38.2 Å². The Morgan fingerprint density at radius 1 is 0.362 bits per heavy atom. The van der Waals surface area contributed by atoms with Crippen molar-refractivity contribution in [3.8, 4) is 33.6 Å². The molecule has 0 aliphatic carbocycles. The van der Waals surface area contributed by atoms with Gasteiger partial charge < -0.3 is 13.6 Å². The summed E-state index contributed by atoms with van der Waals surface area (Å²) in [7, 11) is 48.5. The maximum absolute atomic E-state index is 7.36. The van der Waals surface area contributed by atoms with Gasteiger partial charge in [0, 0.05) is 55.4 Å². The van der Waals surface area contributed by atoms with Crippen LogP contribution in [0.4, 0.5) is 0 Å². The first-order valence-corrected chi connectivity index (χ1v) is 18.9. The van der Waals surface area contributed by atoms with Gasteiger partial charge in [-0.25, -0.2) is 0 Å². The van der Waals surface area contributed by atoms with Crippen LogP contribution in [0, 0.1) is 0 Å². The number of furan rings is 1. The van der Waals surface area contributed by atoms with E-state index in [-0.39, 0.29) is 21.9 Å². The molecule has 11 rings (SSSR count). The highest BCUT2D eigenvalue weighted by atomic mass is 16.3. The van der Waals surface area contributed by atoms with Crippen molar-refractivity contribution in [1.82, 2.24) is 9.13 Å². The molecule has 0 aliphatic heterocycles. The molecule has 0 aliphatic rings. The van der Waals surface area contributed by atoms with Gasteiger partial charge in [-0.05, 0) is 76.2 Å². The van der Waals surface area contributed by atoms with Gasteiger partial charge in [-0.2, -0.15) is 0 Å². The zero-order chi connectivity index (χ0) is 39.6. The summed E-state index contributed by atoms with van der Waals surface area (Å²) in [5.41, 5.74) is 11.7. The third-order valence-electron chi connectivity index (χ3n) is 11.7. The average Bonchev–Trinajstić information content (AvgIpc) is 3.93. The second-order valence-corrected chi connectivity index (χ2v) is 14.8. The summed E-state index contributed by atoms with van der Waals surface area (Å²) >= 11 is 0. The third kappa shape index (κ3) is 4.78. The highest BCUT2D eigenvalue weighted by molar-refractivity contribution is 6.69. The van der Waals surface area contributed by atoms with Gasteiger partial charge in [0.15, 0.2) is 0 Å². The summed E-state index contributed by atoms with van der Waals surface area (Å²) in [5, 5.41) is 5.18. The van der Waals surface area contributed by atoms with Crippen molar-refractivity contribution < 1.29 is 4.42 Å². The minimum atomic E-state index is 0.164. The summed E-state index contributed by atoms with van der Waals surface area (Å²) < 4.78 is 10.5. The van der Waals surface area contributed by atoms with Crippen LogP contribution in [0.1, 0.15) is 0 Å². The first kappa shape index (κ1) is 34.8. The van der Waals surface area contributed by atoms with Crippen LogP contribution in [0.2, 0.25) is 0 Å². The lowest BCUT2D eigenvalue weighted by atomic mass is 9.64. The molecule has 0 unspecified atom stereocenters. The fourth-order valence-electron chi connectivity index (χ4n) is 9.05. The maximum atomic E-state index is 7.36. The van der Waals surface area contributed by atoms with E-state index in [0.29, 0.717) is 55.0 Å². The molecule has 0 amide bonds. The van der Waals surface area contributed by atoms with E-state index in [9.17, 15) is 0 Å². The second kappa shape index (κ2) is 12.8. The Labute approximate surface area is 343 Å². The van der Waals surface area contributed by atoms with Gasteiger partial charge in [0.1, 0.15) is 66.1 Å². The molecule has 10 heteroatoms. The minimum Gasteiger partial charge on any atom is -0.456 e. The SMILES string of the molecule is [B]c1c([B])c([B])c2c(c1[B])c1c([B])c(-c3ccc4c(c3)c3c(-c5ccccc5)cccc3n4-c3ccccc3)c([B])c([B])c1n2-c1ccc2c(c1)oc1ccccc12. The van der Waals surface area contributed by atoms with E-state index < -0.39 is 0 Å². The Balaban J connectivity index is 1.24. The molecule has 0 bridgehead atoms. The van der Waals surface area contributed by atoms with Gasteiger partial charge in [0.2, 0.25) is 0 Å². The van der Waals surface area contributed by atoms with E-state index in [4.69, 9.17) is 59.3 Å². The van der Waals surface area contributed by atoms with Crippen LogP contribution >= 0.6 is 0 Å². The summed E-state index contributed by atoms with van der Waals surface area (Å²) in [6, 6.07) is 47.3. The van der Waals surface area contributed by atoms with Crippen molar-refractivity contribution in [2.45, 2.75) is 0 Å². The van der Waals surface area contributed by atoms with Crippen molar-refractivity contribution in [2.24, 2.45) is 0 Å². The van der Waals surface area contributed by atoms with E-state index in [1.54, 1.807) is 0 Å². The van der Waals surface area contributed by atoms with Crippen molar-refractivity contribution >= 4 is 159 Å². The number of nitrogens with zero attached hydrogens (tertiary/aromatic N) is 2. The van der Waals surface area contributed by atoms with Crippen LogP contribution in [-0.4, -0.2) is 64.1 Å². The molecule has 11 aromatic rings. The normalized spacial score (nSPS) is 11.9. The number of para-hydroxylation sites is 2. The number of hydrogen-bond donors (Lipinski definition) is 0. The predicted octanol–water partition coefficient (Wildman–Crippen LogP) is 4.67. The number of benzene rings is 8. The highest BCUT2D eigenvalue weighted by Gasteiger charge is 2.25. The van der Waals surface area contributed by atoms with Gasteiger partial charge >= 0.3 is 0 Å². The monoisotopic (exact) mass is 720 g/mol. The topological polar surface area (TPSA) is 23.0 Å². The molecule has 252 valence electrons. The molecule has 0 atom stereocenters. The van der Waals surface area contributed by atoms with Crippen LogP contribution in [-0.2, 0) is 0 Å². The van der Waals surface area contributed by atoms with Crippen molar-refractivity contribution in [3.63, 3.8) is 0 Å².